The first-order valence-electron chi connectivity index (χ1n) is 6.27. The third-order valence-corrected chi connectivity index (χ3v) is 2.27. The molecule has 5 heteroatoms. The summed E-state index contributed by atoms with van der Waals surface area (Å²) in [6.45, 7) is 5.80. The van der Waals surface area contributed by atoms with Crippen LogP contribution in [0.3, 0.4) is 0 Å². The van der Waals surface area contributed by atoms with Crippen LogP contribution in [0, 0.1) is 0 Å². The molecule has 0 fully saturated rings. The van der Waals surface area contributed by atoms with E-state index in [2.05, 4.69) is 29.1 Å². The van der Waals surface area contributed by atoms with Crippen LogP contribution in [0.1, 0.15) is 39.5 Å². The van der Waals surface area contributed by atoms with Crippen LogP contribution in [-0.2, 0) is 0 Å². The molecule has 1 aromatic rings. The molecule has 5 nitrogen and oxygen atoms in total. The summed E-state index contributed by atoms with van der Waals surface area (Å²) in [5, 5.41) is 3.17. The summed E-state index contributed by atoms with van der Waals surface area (Å²) in [7, 11) is 0. The van der Waals surface area contributed by atoms with Gasteiger partial charge in [-0.2, -0.15) is 9.97 Å². The molecule has 0 aliphatic rings. The van der Waals surface area contributed by atoms with Crippen LogP contribution in [0.25, 0.3) is 0 Å². The average molecular weight is 238 g/mol. The van der Waals surface area contributed by atoms with Gasteiger partial charge in [0.15, 0.2) is 0 Å². The second-order valence-corrected chi connectivity index (χ2v) is 3.93. The van der Waals surface area contributed by atoms with Crippen molar-refractivity contribution in [3.63, 3.8) is 0 Å². The zero-order chi connectivity index (χ0) is 12.5. The highest BCUT2D eigenvalue weighted by atomic mass is 16.5. The largest absolute Gasteiger partial charge is 0.477 e. The number of nitrogens with zero attached hydrogens (tertiary/aromatic N) is 2. The first kappa shape index (κ1) is 13.5. The predicted molar refractivity (Wildman–Crippen MR) is 70.2 cm³/mol. The average Bonchev–Trinajstić information content (AvgIpc) is 2.31. The van der Waals surface area contributed by atoms with Gasteiger partial charge in [0.25, 0.3) is 0 Å². The summed E-state index contributed by atoms with van der Waals surface area (Å²) in [6.07, 6.45) is 4.43. The number of aromatic nitrogens is 2. The Balaban J connectivity index is 2.50. The smallest absolute Gasteiger partial charge is 0.225 e. The molecule has 17 heavy (non-hydrogen) atoms. The van der Waals surface area contributed by atoms with Gasteiger partial charge in [-0.25, -0.2) is 0 Å². The van der Waals surface area contributed by atoms with E-state index in [0.29, 0.717) is 12.5 Å². The van der Waals surface area contributed by atoms with E-state index >= 15 is 0 Å². The van der Waals surface area contributed by atoms with Gasteiger partial charge in [-0.1, -0.05) is 26.7 Å². The van der Waals surface area contributed by atoms with Gasteiger partial charge < -0.3 is 15.8 Å². The fourth-order valence-electron chi connectivity index (χ4n) is 1.39. The fraction of sp³-hybridized carbons (Fsp3) is 0.667. The SMILES string of the molecule is CCCCCOc1cc(NCCC)nc(N)n1. The number of nitrogens with one attached hydrogen (secondary N) is 1. The number of rotatable bonds is 8. The van der Waals surface area contributed by atoms with E-state index < -0.39 is 0 Å². The molecule has 1 heterocycles. The Morgan fingerprint density at radius 1 is 1.24 bits per heavy atom. The van der Waals surface area contributed by atoms with Crippen LogP contribution in [-0.4, -0.2) is 23.1 Å². The van der Waals surface area contributed by atoms with E-state index in [-0.39, 0.29) is 5.95 Å². The van der Waals surface area contributed by atoms with Crippen molar-refractivity contribution in [2.75, 3.05) is 24.2 Å². The summed E-state index contributed by atoms with van der Waals surface area (Å²) in [6, 6.07) is 1.79. The molecule has 1 aromatic heterocycles. The van der Waals surface area contributed by atoms with Crippen LogP contribution in [0.4, 0.5) is 11.8 Å². The second-order valence-electron chi connectivity index (χ2n) is 3.93. The Kier molecular flexibility index (Phi) is 6.14. The van der Waals surface area contributed by atoms with Crippen molar-refractivity contribution in [2.45, 2.75) is 39.5 Å². The standard InChI is InChI=1S/C12H22N4O/c1-3-5-6-8-17-11-9-10(14-7-4-2)15-12(13)16-11/h9H,3-8H2,1-2H3,(H3,13,14,15,16). The highest BCUT2D eigenvalue weighted by Gasteiger charge is 2.02. The number of unbranched alkanes of at least 4 members (excludes halogenated alkanes) is 2. The number of hydrogen-bond donors (Lipinski definition) is 2. The van der Waals surface area contributed by atoms with E-state index in [0.717, 1.165) is 25.2 Å². The lowest BCUT2D eigenvalue weighted by Crippen LogP contribution is -2.07. The number of anilines is 2. The lowest BCUT2D eigenvalue weighted by Gasteiger charge is -2.08. The van der Waals surface area contributed by atoms with Crippen LogP contribution >= 0.6 is 0 Å². The van der Waals surface area contributed by atoms with Crippen LogP contribution < -0.4 is 15.8 Å². The minimum absolute atomic E-state index is 0.247. The van der Waals surface area contributed by atoms with E-state index in [1.165, 1.54) is 12.8 Å². The molecule has 0 aliphatic carbocycles. The number of hydrogen-bond acceptors (Lipinski definition) is 5. The van der Waals surface area contributed by atoms with Gasteiger partial charge in [-0.15, -0.1) is 0 Å². The van der Waals surface area contributed by atoms with Crippen molar-refractivity contribution in [3.05, 3.63) is 6.07 Å². The van der Waals surface area contributed by atoms with Gasteiger partial charge in [0.1, 0.15) is 5.82 Å². The van der Waals surface area contributed by atoms with Crippen molar-refractivity contribution >= 4 is 11.8 Å². The summed E-state index contributed by atoms with van der Waals surface area (Å²) in [5.74, 6) is 1.52. The van der Waals surface area contributed by atoms with E-state index in [4.69, 9.17) is 10.5 Å². The molecule has 0 saturated heterocycles. The van der Waals surface area contributed by atoms with E-state index in [1.54, 1.807) is 6.07 Å². The molecule has 0 aliphatic heterocycles. The Hall–Kier alpha value is -1.52. The van der Waals surface area contributed by atoms with Crippen molar-refractivity contribution in [3.8, 4) is 5.88 Å². The Morgan fingerprint density at radius 2 is 2.06 bits per heavy atom. The molecule has 0 aromatic carbocycles. The third kappa shape index (κ3) is 5.38. The zero-order valence-corrected chi connectivity index (χ0v) is 10.7. The van der Waals surface area contributed by atoms with Crippen molar-refractivity contribution in [1.29, 1.82) is 0 Å². The summed E-state index contributed by atoms with van der Waals surface area (Å²) < 4.78 is 5.54. The van der Waals surface area contributed by atoms with Gasteiger partial charge >= 0.3 is 0 Å². The molecule has 0 spiro atoms. The molecule has 0 unspecified atom stereocenters. The topological polar surface area (TPSA) is 73.1 Å². The highest BCUT2D eigenvalue weighted by Crippen LogP contribution is 2.15. The summed E-state index contributed by atoms with van der Waals surface area (Å²) in [5.41, 5.74) is 5.62. The molecule has 96 valence electrons. The lowest BCUT2D eigenvalue weighted by atomic mass is 10.3. The molecular formula is C12H22N4O. The summed E-state index contributed by atoms with van der Waals surface area (Å²) in [4.78, 5) is 8.14. The van der Waals surface area contributed by atoms with Gasteiger partial charge in [-0.3, -0.25) is 0 Å². The third-order valence-electron chi connectivity index (χ3n) is 2.27. The minimum Gasteiger partial charge on any atom is -0.477 e. The van der Waals surface area contributed by atoms with Gasteiger partial charge in [0.2, 0.25) is 11.8 Å². The molecule has 0 bridgehead atoms. The van der Waals surface area contributed by atoms with Gasteiger partial charge in [0, 0.05) is 12.6 Å². The monoisotopic (exact) mass is 238 g/mol. The quantitative estimate of drug-likeness (QED) is 0.680. The molecule has 3 N–H and O–H groups in total. The van der Waals surface area contributed by atoms with Gasteiger partial charge in [0.05, 0.1) is 6.61 Å². The summed E-state index contributed by atoms with van der Waals surface area (Å²) >= 11 is 0. The minimum atomic E-state index is 0.247. The lowest BCUT2D eigenvalue weighted by molar-refractivity contribution is 0.295. The normalized spacial score (nSPS) is 10.2. The first-order valence-corrected chi connectivity index (χ1v) is 6.27. The number of nitrogens with two attached hydrogens (primary N) is 1. The maximum absolute atomic E-state index is 5.62. The highest BCUT2D eigenvalue weighted by molar-refractivity contribution is 5.42. The van der Waals surface area contributed by atoms with E-state index in [1.807, 2.05) is 0 Å². The predicted octanol–water partition coefficient (Wildman–Crippen LogP) is 2.45. The first-order chi connectivity index (χ1) is 8.26. The zero-order valence-electron chi connectivity index (χ0n) is 10.7. The molecule has 0 saturated carbocycles. The molecular weight excluding hydrogens is 216 g/mol. The Labute approximate surface area is 103 Å². The van der Waals surface area contributed by atoms with Gasteiger partial charge in [-0.05, 0) is 12.8 Å². The number of nitrogen functional groups attached to an aromatic ring is 1. The fourth-order valence-corrected chi connectivity index (χ4v) is 1.39. The Morgan fingerprint density at radius 3 is 2.76 bits per heavy atom. The molecule has 0 atom stereocenters. The van der Waals surface area contributed by atoms with Crippen LogP contribution in [0.2, 0.25) is 0 Å². The van der Waals surface area contributed by atoms with Crippen molar-refractivity contribution in [1.82, 2.24) is 9.97 Å². The Bertz CT molecular complexity index is 330. The van der Waals surface area contributed by atoms with Crippen LogP contribution in [0.15, 0.2) is 6.07 Å². The van der Waals surface area contributed by atoms with E-state index in [9.17, 15) is 0 Å². The van der Waals surface area contributed by atoms with Crippen molar-refractivity contribution in [2.24, 2.45) is 0 Å². The maximum Gasteiger partial charge on any atom is 0.225 e. The molecule has 0 radical (unpaired) electrons. The maximum atomic E-state index is 5.62. The second kappa shape index (κ2) is 7.70. The molecule has 0 amide bonds. The van der Waals surface area contributed by atoms with Crippen LogP contribution in [0.5, 0.6) is 5.88 Å². The molecule has 1 rings (SSSR count). The van der Waals surface area contributed by atoms with Crippen molar-refractivity contribution < 1.29 is 4.74 Å². The number of ether oxygens (including phenoxy) is 1.